The van der Waals surface area contributed by atoms with Crippen LogP contribution in [0.1, 0.15) is 5.56 Å². The molecule has 0 spiro atoms. The van der Waals surface area contributed by atoms with Crippen LogP contribution in [0.4, 0.5) is 5.69 Å². The van der Waals surface area contributed by atoms with Gasteiger partial charge < -0.3 is 27.0 Å². The van der Waals surface area contributed by atoms with Crippen LogP contribution >= 0.6 is 0 Å². The zero-order chi connectivity index (χ0) is 45.9. The molecule has 0 amide bonds. The number of hydrogen-bond acceptors (Lipinski definition) is 4. The number of benzene rings is 10. The van der Waals surface area contributed by atoms with E-state index in [2.05, 4.69) is 134 Å². The van der Waals surface area contributed by atoms with Gasteiger partial charge in [-0.15, -0.1) is 0 Å². The highest BCUT2D eigenvalue weighted by Crippen LogP contribution is 2.50. The lowest BCUT2D eigenvalue weighted by Crippen LogP contribution is -2.08. The van der Waals surface area contributed by atoms with E-state index >= 15 is 0 Å². The van der Waals surface area contributed by atoms with Gasteiger partial charge in [0.15, 0.2) is 0 Å². The Morgan fingerprint density at radius 2 is 0.729 bits per heavy atom. The normalized spacial score (nSPS) is 12.3. The van der Waals surface area contributed by atoms with Crippen molar-refractivity contribution in [3.05, 3.63) is 205 Å². The summed E-state index contributed by atoms with van der Waals surface area (Å²) in [6.07, 6.45) is 0. The first kappa shape index (κ1) is 37.1. The van der Waals surface area contributed by atoms with Crippen molar-refractivity contribution in [2.75, 3.05) is 0 Å². The standard InChI is InChI=1S/C62H31N5O3/c1-64-58-43(33-63)50(65-44-20-8-2-17-40(44)55-47(65)29-26-37-34-14-5-11-23-52(34)68-60(37)55)32-51(66-45-21-9-3-18-41(45)56-48(66)30-27-38-35-15-6-12-24-53(35)69-61(38)56)59(58)67-46-22-10-4-19-42(46)57-49(67)31-28-39-36-16-7-13-25-54(36)70-62(39)57/h2-32H. The molecule has 0 saturated carbocycles. The number of aromatic nitrogens is 3. The van der Waals surface area contributed by atoms with E-state index in [0.29, 0.717) is 17.1 Å². The Morgan fingerprint density at radius 1 is 0.371 bits per heavy atom. The summed E-state index contributed by atoms with van der Waals surface area (Å²) in [6, 6.07) is 66.8. The molecule has 0 radical (unpaired) electrons. The molecule has 8 heteroatoms. The summed E-state index contributed by atoms with van der Waals surface area (Å²) in [5.41, 5.74) is 12.3. The maximum absolute atomic E-state index is 11.7. The van der Waals surface area contributed by atoms with E-state index < -0.39 is 0 Å². The van der Waals surface area contributed by atoms with E-state index in [1.165, 1.54) is 0 Å². The number of nitriles is 1. The highest BCUT2D eigenvalue weighted by molar-refractivity contribution is 6.27. The van der Waals surface area contributed by atoms with Gasteiger partial charge in [-0.1, -0.05) is 109 Å². The third-order valence-electron chi connectivity index (χ3n) is 14.7. The van der Waals surface area contributed by atoms with Crippen LogP contribution < -0.4 is 0 Å². The van der Waals surface area contributed by atoms with Crippen LogP contribution in [-0.2, 0) is 0 Å². The summed E-state index contributed by atoms with van der Waals surface area (Å²) in [4.78, 5) is 4.45. The van der Waals surface area contributed by atoms with Crippen LogP contribution in [0, 0.1) is 17.9 Å². The monoisotopic (exact) mass is 893 g/mol. The molecule has 8 nitrogen and oxygen atoms in total. The fourth-order valence-electron chi connectivity index (χ4n) is 11.9. The van der Waals surface area contributed by atoms with E-state index in [1.807, 2.05) is 78.9 Å². The van der Waals surface area contributed by atoms with Gasteiger partial charge in [0.25, 0.3) is 0 Å². The fraction of sp³-hybridized carbons (Fsp3) is 0. The molecule has 0 unspecified atom stereocenters. The maximum atomic E-state index is 11.7. The third-order valence-corrected chi connectivity index (χ3v) is 14.7. The molecule has 70 heavy (non-hydrogen) atoms. The van der Waals surface area contributed by atoms with Crippen molar-refractivity contribution in [2.24, 2.45) is 0 Å². The lowest BCUT2D eigenvalue weighted by atomic mass is 10.1. The predicted molar refractivity (Wildman–Crippen MR) is 282 cm³/mol. The quantitative estimate of drug-likeness (QED) is 0.165. The van der Waals surface area contributed by atoms with Crippen LogP contribution in [0.3, 0.4) is 0 Å². The lowest BCUT2D eigenvalue weighted by Gasteiger charge is -2.22. The number of fused-ring (bicyclic) bond motifs is 21. The minimum absolute atomic E-state index is 0.217. The van der Waals surface area contributed by atoms with Gasteiger partial charge in [0.2, 0.25) is 5.69 Å². The zero-order valence-electron chi connectivity index (χ0n) is 36.9. The highest BCUT2D eigenvalue weighted by Gasteiger charge is 2.30. The summed E-state index contributed by atoms with van der Waals surface area (Å²) in [7, 11) is 0. The van der Waals surface area contributed by atoms with E-state index in [1.54, 1.807) is 0 Å². The Balaban J connectivity index is 1.12. The molecule has 0 atom stereocenters. The second-order valence-electron chi connectivity index (χ2n) is 18.1. The number of furan rings is 3. The van der Waals surface area contributed by atoms with Crippen molar-refractivity contribution in [1.29, 1.82) is 5.26 Å². The van der Waals surface area contributed by atoms with E-state index in [0.717, 1.165) is 131 Å². The molecule has 10 aromatic carbocycles. The molecule has 6 aromatic heterocycles. The number of rotatable bonds is 3. The zero-order valence-corrected chi connectivity index (χ0v) is 36.9. The van der Waals surface area contributed by atoms with E-state index in [-0.39, 0.29) is 11.3 Å². The molecule has 0 aliphatic heterocycles. The first-order valence-electron chi connectivity index (χ1n) is 23.2. The van der Waals surface area contributed by atoms with Gasteiger partial charge in [0, 0.05) is 48.5 Å². The minimum Gasteiger partial charge on any atom is -0.455 e. The Bertz CT molecular complexity index is 5110. The molecule has 0 bridgehead atoms. The Labute approximate surface area is 395 Å². The molecule has 0 fully saturated rings. The van der Waals surface area contributed by atoms with Crippen LogP contribution in [0.5, 0.6) is 0 Å². The average molecular weight is 894 g/mol. The van der Waals surface area contributed by atoms with Crippen LogP contribution in [0.15, 0.2) is 201 Å². The van der Waals surface area contributed by atoms with Crippen molar-refractivity contribution in [3.8, 4) is 23.1 Å². The van der Waals surface area contributed by atoms with Gasteiger partial charge in [0.1, 0.15) is 33.5 Å². The molecular weight excluding hydrogens is 863 g/mol. The van der Waals surface area contributed by atoms with Crippen molar-refractivity contribution in [3.63, 3.8) is 0 Å². The molecule has 0 aliphatic rings. The lowest BCUT2D eigenvalue weighted by molar-refractivity contribution is 0.672. The summed E-state index contributed by atoms with van der Waals surface area (Å²) in [6.45, 7) is 9.28. The third kappa shape index (κ3) is 4.57. The van der Waals surface area contributed by atoms with Gasteiger partial charge in [-0.25, -0.2) is 4.85 Å². The Morgan fingerprint density at radius 3 is 1.14 bits per heavy atom. The molecule has 0 saturated heterocycles. The van der Waals surface area contributed by atoms with Gasteiger partial charge in [0.05, 0.1) is 84.5 Å². The smallest absolute Gasteiger partial charge is 0.232 e. The maximum Gasteiger partial charge on any atom is 0.232 e. The number of para-hydroxylation sites is 6. The molecule has 16 rings (SSSR count). The van der Waals surface area contributed by atoms with Crippen molar-refractivity contribution in [1.82, 2.24) is 13.7 Å². The summed E-state index contributed by atoms with van der Waals surface area (Å²) < 4.78 is 26.8. The molecule has 6 heterocycles. The topological polar surface area (TPSA) is 82.4 Å². The van der Waals surface area contributed by atoms with Gasteiger partial charge in [-0.3, -0.25) is 0 Å². The second-order valence-corrected chi connectivity index (χ2v) is 18.1. The van der Waals surface area contributed by atoms with Crippen molar-refractivity contribution in [2.45, 2.75) is 0 Å². The Hall–Kier alpha value is -10.0. The van der Waals surface area contributed by atoms with Crippen molar-refractivity contribution >= 4 is 137 Å². The minimum atomic E-state index is 0.217. The van der Waals surface area contributed by atoms with Crippen molar-refractivity contribution < 1.29 is 13.3 Å². The first-order chi connectivity index (χ1) is 34.7. The average Bonchev–Trinajstić information content (AvgIpc) is 4.26. The Kier molecular flexibility index (Phi) is 7.06. The fourth-order valence-corrected chi connectivity index (χ4v) is 11.9. The largest absolute Gasteiger partial charge is 0.455 e. The van der Waals surface area contributed by atoms with Gasteiger partial charge in [-0.2, -0.15) is 5.26 Å². The predicted octanol–water partition coefficient (Wildman–Crippen LogP) is 17.1. The second kappa shape index (κ2) is 13.3. The SMILES string of the molecule is [C-]#[N+]c1c(C#N)c(-n2c3ccccc3c3c4oc5ccccc5c4ccc32)cc(-n2c3ccccc3c3c4oc5ccccc5c4ccc32)c1-n1c2ccccc2c2c3oc4ccccc4c3ccc21. The van der Waals surface area contributed by atoms with E-state index in [9.17, 15) is 11.8 Å². The summed E-state index contributed by atoms with van der Waals surface area (Å²) in [5, 5.41) is 23.6. The van der Waals surface area contributed by atoms with Gasteiger partial charge in [-0.05, 0) is 78.9 Å². The summed E-state index contributed by atoms with van der Waals surface area (Å²) >= 11 is 0. The van der Waals surface area contributed by atoms with Gasteiger partial charge >= 0.3 is 0 Å². The number of hydrogen-bond donors (Lipinski definition) is 0. The molecule has 0 aliphatic carbocycles. The van der Waals surface area contributed by atoms with E-state index in [4.69, 9.17) is 13.3 Å². The molecule has 322 valence electrons. The van der Waals surface area contributed by atoms with Crippen LogP contribution in [0.2, 0.25) is 0 Å². The molecule has 16 aromatic rings. The number of nitrogens with zero attached hydrogens (tertiary/aromatic N) is 5. The molecule has 0 N–H and O–H groups in total. The highest BCUT2D eigenvalue weighted by atomic mass is 16.3. The summed E-state index contributed by atoms with van der Waals surface area (Å²) in [5.74, 6) is 0. The van der Waals surface area contributed by atoms with Crippen LogP contribution in [0.25, 0.3) is 153 Å². The van der Waals surface area contributed by atoms with Crippen LogP contribution in [-0.4, -0.2) is 13.7 Å². The molecular formula is C62H31N5O3. The first-order valence-corrected chi connectivity index (χ1v) is 23.2.